The smallest absolute Gasteiger partial charge is 0.266 e. The lowest BCUT2D eigenvalue weighted by Gasteiger charge is -2.12. The van der Waals surface area contributed by atoms with Crippen LogP contribution in [0, 0.1) is 5.82 Å². The monoisotopic (exact) mass is 203 g/mol. The minimum Gasteiger partial charge on any atom is -0.313 e. The third-order valence-electron chi connectivity index (χ3n) is 2.19. The fourth-order valence-electron chi connectivity index (χ4n) is 1.17. The van der Waals surface area contributed by atoms with E-state index in [0.717, 1.165) is 6.07 Å². The lowest BCUT2D eigenvalue weighted by Crippen LogP contribution is -2.12. The first kappa shape index (κ1) is 11.0. The maximum atomic E-state index is 12.9. The van der Waals surface area contributed by atoms with Crippen LogP contribution in [0.3, 0.4) is 0 Å². The molecule has 0 heterocycles. The van der Waals surface area contributed by atoms with Gasteiger partial charge in [0, 0.05) is 6.04 Å². The lowest BCUT2D eigenvalue weighted by atomic mass is 10.1. The van der Waals surface area contributed by atoms with E-state index < -0.39 is 17.8 Å². The normalized spacial score (nSPS) is 13.3. The zero-order valence-electron chi connectivity index (χ0n) is 8.02. The van der Waals surface area contributed by atoms with E-state index in [2.05, 4.69) is 5.32 Å². The molecular formula is C10H12F3N. The van der Waals surface area contributed by atoms with Crippen LogP contribution in [0.4, 0.5) is 13.2 Å². The molecule has 1 nitrogen and oxygen atoms in total. The van der Waals surface area contributed by atoms with Crippen molar-refractivity contribution in [1.82, 2.24) is 5.32 Å². The van der Waals surface area contributed by atoms with Crippen LogP contribution in [0.25, 0.3) is 0 Å². The summed E-state index contributed by atoms with van der Waals surface area (Å²) in [5, 5.41) is 2.90. The average molecular weight is 203 g/mol. The third-order valence-corrected chi connectivity index (χ3v) is 2.19. The first-order valence-corrected chi connectivity index (χ1v) is 4.31. The molecule has 0 fully saturated rings. The SMILES string of the molecule is CNC(C)c1ccc(F)c(C(F)F)c1. The molecule has 0 saturated heterocycles. The number of hydrogen-bond donors (Lipinski definition) is 1. The van der Waals surface area contributed by atoms with Crippen LogP contribution in [-0.2, 0) is 0 Å². The fraction of sp³-hybridized carbons (Fsp3) is 0.400. The molecule has 0 aliphatic heterocycles. The van der Waals surface area contributed by atoms with E-state index in [0.29, 0.717) is 5.56 Å². The molecule has 1 aromatic carbocycles. The minimum atomic E-state index is -2.76. The Morgan fingerprint density at radius 1 is 1.29 bits per heavy atom. The van der Waals surface area contributed by atoms with E-state index in [1.165, 1.54) is 12.1 Å². The van der Waals surface area contributed by atoms with Gasteiger partial charge < -0.3 is 5.32 Å². The van der Waals surface area contributed by atoms with Crippen molar-refractivity contribution in [1.29, 1.82) is 0 Å². The number of hydrogen-bond acceptors (Lipinski definition) is 1. The molecule has 4 heteroatoms. The highest BCUT2D eigenvalue weighted by Gasteiger charge is 2.15. The third kappa shape index (κ3) is 2.26. The molecule has 0 aliphatic carbocycles. The van der Waals surface area contributed by atoms with Crippen molar-refractivity contribution in [2.24, 2.45) is 0 Å². The van der Waals surface area contributed by atoms with Crippen molar-refractivity contribution in [2.75, 3.05) is 7.05 Å². The van der Waals surface area contributed by atoms with Gasteiger partial charge in [-0.05, 0) is 31.7 Å². The Hall–Kier alpha value is -1.03. The number of nitrogens with one attached hydrogen (secondary N) is 1. The molecular weight excluding hydrogens is 191 g/mol. The van der Waals surface area contributed by atoms with Crippen molar-refractivity contribution < 1.29 is 13.2 Å². The van der Waals surface area contributed by atoms with E-state index in [-0.39, 0.29) is 6.04 Å². The van der Waals surface area contributed by atoms with E-state index in [4.69, 9.17) is 0 Å². The Bertz CT molecular complexity index is 312. The predicted octanol–water partition coefficient (Wildman–Crippen LogP) is 3.04. The van der Waals surface area contributed by atoms with Gasteiger partial charge in [0.15, 0.2) is 0 Å². The summed E-state index contributed by atoms with van der Waals surface area (Å²) < 4.78 is 37.5. The molecule has 1 aromatic rings. The number of rotatable bonds is 3. The Labute approximate surface area is 80.9 Å². The topological polar surface area (TPSA) is 12.0 Å². The molecule has 78 valence electrons. The summed E-state index contributed by atoms with van der Waals surface area (Å²) in [5.74, 6) is -0.855. The number of halogens is 3. The van der Waals surface area contributed by atoms with Crippen LogP contribution in [0.5, 0.6) is 0 Å². The van der Waals surface area contributed by atoms with Gasteiger partial charge in [0.05, 0.1) is 5.56 Å². The van der Waals surface area contributed by atoms with Crippen LogP contribution < -0.4 is 5.32 Å². The molecule has 0 aromatic heterocycles. The van der Waals surface area contributed by atoms with Crippen molar-refractivity contribution >= 4 is 0 Å². The Morgan fingerprint density at radius 3 is 2.43 bits per heavy atom. The summed E-state index contributed by atoms with van der Waals surface area (Å²) >= 11 is 0. The maximum Gasteiger partial charge on any atom is 0.266 e. The molecule has 1 atom stereocenters. The van der Waals surface area contributed by atoms with E-state index in [1.807, 2.05) is 6.92 Å². The highest BCUT2D eigenvalue weighted by Crippen LogP contribution is 2.25. The summed E-state index contributed by atoms with van der Waals surface area (Å²) in [6, 6.07) is 3.71. The maximum absolute atomic E-state index is 12.9. The summed E-state index contributed by atoms with van der Waals surface area (Å²) in [6.45, 7) is 1.82. The molecule has 1 rings (SSSR count). The van der Waals surface area contributed by atoms with Gasteiger partial charge in [-0.2, -0.15) is 0 Å². The van der Waals surface area contributed by atoms with Gasteiger partial charge in [0.1, 0.15) is 5.82 Å². The average Bonchev–Trinajstić information content (AvgIpc) is 2.17. The Balaban J connectivity index is 3.06. The summed E-state index contributed by atoms with van der Waals surface area (Å²) in [5.41, 5.74) is 0.119. The van der Waals surface area contributed by atoms with Crippen molar-refractivity contribution in [2.45, 2.75) is 19.4 Å². The van der Waals surface area contributed by atoms with Crippen molar-refractivity contribution in [3.63, 3.8) is 0 Å². The molecule has 1 unspecified atom stereocenters. The first-order chi connectivity index (χ1) is 6.56. The lowest BCUT2D eigenvalue weighted by molar-refractivity contribution is 0.146. The molecule has 0 spiro atoms. The van der Waals surface area contributed by atoms with Gasteiger partial charge in [-0.1, -0.05) is 6.07 Å². The van der Waals surface area contributed by atoms with Gasteiger partial charge >= 0.3 is 0 Å². The van der Waals surface area contributed by atoms with E-state index in [9.17, 15) is 13.2 Å². The number of alkyl halides is 2. The zero-order valence-corrected chi connectivity index (χ0v) is 8.02. The van der Waals surface area contributed by atoms with Crippen LogP contribution in [0.15, 0.2) is 18.2 Å². The summed E-state index contributed by atoms with van der Waals surface area (Å²) in [6.07, 6.45) is -2.76. The van der Waals surface area contributed by atoms with E-state index >= 15 is 0 Å². The standard InChI is InChI=1S/C10H12F3N/c1-6(14-2)7-3-4-9(11)8(5-7)10(12)13/h3-6,10,14H,1-2H3. The largest absolute Gasteiger partial charge is 0.313 e. The van der Waals surface area contributed by atoms with Crippen LogP contribution in [0.1, 0.15) is 30.5 Å². The second kappa shape index (κ2) is 4.46. The minimum absolute atomic E-state index is 0.0619. The van der Waals surface area contributed by atoms with Crippen LogP contribution in [0.2, 0.25) is 0 Å². The second-order valence-corrected chi connectivity index (χ2v) is 3.09. The highest BCUT2D eigenvalue weighted by atomic mass is 19.3. The van der Waals surface area contributed by atoms with Crippen molar-refractivity contribution in [3.05, 3.63) is 35.1 Å². The molecule has 0 saturated carbocycles. The number of benzene rings is 1. The van der Waals surface area contributed by atoms with Crippen LogP contribution >= 0.6 is 0 Å². The zero-order chi connectivity index (χ0) is 10.7. The predicted molar refractivity (Wildman–Crippen MR) is 48.8 cm³/mol. The highest BCUT2D eigenvalue weighted by molar-refractivity contribution is 5.27. The fourth-order valence-corrected chi connectivity index (χ4v) is 1.17. The summed E-state index contributed by atoms with van der Waals surface area (Å²) in [4.78, 5) is 0. The Morgan fingerprint density at radius 2 is 1.93 bits per heavy atom. The van der Waals surface area contributed by atoms with Crippen LogP contribution in [-0.4, -0.2) is 7.05 Å². The quantitative estimate of drug-likeness (QED) is 0.796. The van der Waals surface area contributed by atoms with Gasteiger partial charge in [-0.3, -0.25) is 0 Å². The first-order valence-electron chi connectivity index (χ1n) is 4.31. The second-order valence-electron chi connectivity index (χ2n) is 3.09. The summed E-state index contributed by atoms with van der Waals surface area (Å²) in [7, 11) is 1.72. The molecule has 0 aliphatic rings. The van der Waals surface area contributed by atoms with E-state index in [1.54, 1.807) is 7.05 Å². The van der Waals surface area contributed by atoms with Crippen molar-refractivity contribution in [3.8, 4) is 0 Å². The van der Waals surface area contributed by atoms with Gasteiger partial charge in [0.25, 0.3) is 6.43 Å². The van der Waals surface area contributed by atoms with Gasteiger partial charge in [-0.25, -0.2) is 13.2 Å². The van der Waals surface area contributed by atoms with Gasteiger partial charge in [-0.15, -0.1) is 0 Å². The molecule has 0 radical (unpaired) electrons. The molecule has 0 amide bonds. The van der Waals surface area contributed by atoms with Gasteiger partial charge in [0.2, 0.25) is 0 Å². The molecule has 14 heavy (non-hydrogen) atoms. The Kier molecular flexibility index (Phi) is 3.52. The molecule has 1 N–H and O–H groups in total. The molecule has 0 bridgehead atoms.